The van der Waals surface area contributed by atoms with Crippen LogP contribution in [0.25, 0.3) is 0 Å². The SMILES string of the molecule is CNC1CCN(Cc2ccc(N)cc2C(F)(F)F)C1. The van der Waals surface area contributed by atoms with Crippen LogP contribution in [0.15, 0.2) is 18.2 Å². The summed E-state index contributed by atoms with van der Waals surface area (Å²) in [6.45, 7) is 1.90. The molecule has 3 N–H and O–H groups in total. The molecule has 3 nitrogen and oxygen atoms in total. The number of nitrogens with one attached hydrogen (secondary N) is 1. The van der Waals surface area contributed by atoms with E-state index in [-0.39, 0.29) is 5.69 Å². The van der Waals surface area contributed by atoms with Gasteiger partial charge in [-0.25, -0.2) is 0 Å². The third kappa shape index (κ3) is 3.39. The Bertz CT molecular complexity index is 445. The zero-order valence-corrected chi connectivity index (χ0v) is 10.8. The van der Waals surface area contributed by atoms with Crippen molar-refractivity contribution in [3.63, 3.8) is 0 Å². The molecule has 0 spiro atoms. The van der Waals surface area contributed by atoms with Gasteiger partial charge in [-0.2, -0.15) is 13.2 Å². The number of likely N-dealkylation sites (N-methyl/N-ethyl adjacent to an activating group) is 1. The highest BCUT2D eigenvalue weighted by atomic mass is 19.4. The first kappa shape index (κ1) is 14.1. The van der Waals surface area contributed by atoms with Gasteiger partial charge < -0.3 is 11.1 Å². The molecule has 0 bridgehead atoms. The summed E-state index contributed by atoms with van der Waals surface area (Å²) in [4.78, 5) is 2.03. The van der Waals surface area contributed by atoms with Gasteiger partial charge in [0.05, 0.1) is 5.56 Å². The number of alkyl halides is 3. The molecule has 0 amide bonds. The number of benzene rings is 1. The first-order valence-electron chi connectivity index (χ1n) is 6.25. The van der Waals surface area contributed by atoms with E-state index >= 15 is 0 Å². The van der Waals surface area contributed by atoms with Crippen molar-refractivity contribution in [2.45, 2.75) is 25.2 Å². The van der Waals surface area contributed by atoms with Gasteiger partial charge in [-0.15, -0.1) is 0 Å². The van der Waals surface area contributed by atoms with Crippen molar-refractivity contribution in [3.05, 3.63) is 29.3 Å². The van der Waals surface area contributed by atoms with Crippen molar-refractivity contribution in [3.8, 4) is 0 Å². The van der Waals surface area contributed by atoms with Crippen LogP contribution in [0.5, 0.6) is 0 Å². The van der Waals surface area contributed by atoms with Crippen molar-refractivity contribution in [2.24, 2.45) is 0 Å². The smallest absolute Gasteiger partial charge is 0.399 e. The second-order valence-electron chi connectivity index (χ2n) is 4.92. The van der Waals surface area contributed by atoms with Crippen LogP contribution < -0.4 is 11.1 Å². The zero-order valence-electron chi connectivity index (χ0n) is 10.8. The maximum atomic E-state index is 13.0. The third-order valence-electron chi connectivity index (χ3n) is 3.51. The summed E-state index contributed by atoms with van der Waals surface area (Å²) in [6.07, 6.45) is -3.39. The molecule has 1 aliphatic heterocycles. The molecule has 1 unspecified atom stereocenters. The van der Waals surface area contributed by atoms with E-state index in [1.54, 1.807) is 0 Å². The molecule has 106 valence electrons. The average molecular weight is 273 g/mol. The van der Waals surface area contributed by atoms with Gasteiger partial charge in [0.2, 0.25) is 0 Å². The number of nitrogens with two attached hydrogens (primary N) is 1. The van der Waals surface area contributed by atoms with Gasteiger partial charge in [-0.05, 0) is 31.2 Å². The first-order valence-corrected chi connectivity index (χ1v) is 6.25. The molecule has 0 aliphatic carbocycles. The Morgan fingerprint density at radius 2 is 2.16 bits per heavy atom. The molecule has 1 heterocycles. The minimum atomic E-state index is -4.35. The van der Waals surface area contributed by atoms with Crippen LogP contribution in [0.1, 0.15) is 17.5 Å². The molecule has 1 aromatic rings. The maximum absolute atomic E-state index is 13.0. The van der Waals surface area contributed by atoms with Crippen molar-refractivity contribution in [1.29, 1.82) is 0 Å². The monoisotopic (exact) mass is 273 g/mol. The van der Waals surface area contributed by atoms with Gasteiger partial charge in [0, 0.05) is 31.4 Å². The lowest BCUT2D eigenvalue weighted by Crippen LogP contribution is -2.29. The van der Waals surface area contributed by atoms with Crippen molar-refractivity contribution >= 4 is 5.69 Å². The summed E-state index contributed by atoms with van der Waals surface area (Å²) in [5.74, 6) is 0. The molecule has 1 fully saturated rings. The van der Waals surface area contributed by atoms with Gasteiger partial charge in [-0.3, -0.25) is 4.90 Å². The Morgan fingerprint density at radius 3 is 2.74 bits per heavy atom. The molecule has 0 radical (unpaired) electrons. The molecule has 0 saturated carbocycles. The quantitative estimate of drug-likeness (QED) is 0.829. The van der Waals surface area contributed by atoms with Crippen molar-refractivity contribution in [2.75, 3.05) is 25.9 Å². The number of nitrogen functional groups attached to an aromatic ring is 1. The number of hydrogen-bond acceptors (Lipinski definition) is 3. The van der Waals surface area contributed by atoms with Gasteiger partial charge in [-0.1, -0.05) is 6.07 Å². The molecule has 1 saturated heterocycles. The van der Waals surface area contributed by atoms with Gasteiger partial charge >= 0.3 is 6.18 Å². The molecule has 1 atom stereocenters. The van der Waals surface area contributed by atoms with Crippen LogP contribution in [0.3, 0.4) is 0 Å². The van der Waals surface area contributed by atoms with Crippen LogP contribution in [0.2, 0.25) is 0 Å². The van der Waals surface area contributed by atoms with E-state index in [2.05, 4.69) is 5.32 Å². The molecule has 1 aromatic carbocycles. The fourth-order valence-corrected chi connectivity index (χ4v) is 2.45. The number of halogens is 3. The Hall–Kier alpha value is -1.27. The van der Waals surface area contributed by atoms with Crippen LogP contribution >= 0.6 is 0 Å². The second kappa shape index (κ2) is 5.38. The molecular weight excluding hydrogens is 255 g/mol. The summed E-state index contributed by atoms with van der Waals surface area (Å²) < 4.78 is 38.9. The second-order valence-corrected chi connectivity index (χ2v) is 4.92. The van der Waals surface area contributed by atoms with Crippen LogP contribution in [-0.4, -0.2) is 31.1 Å². The normalized spacial score (nSPS) is 20.9. The molecule has 2 rings (SSSR count). The number of rotatable bonds is 3. The summed E-state index contributed by atoms with van der Waals surface area (Å²) >= 11 is 0. The molecular formula is C13H18F3N3. The average Bonchev–Trinajstić information content (AvgIpc) is 2.78. The summed E-state index contributed by atoms with van der Waals surface area (Å²) in [5, 5.41) is 3.15. The minimum absolute atomic E-state index is 0.144. The zero-order chi connectivity index (χ0) is 14.0. The number of nitrogens with zero attached hydrogens (tertiary/aromatic N) is 1. The van der Waals surface area contributed by atoms with E-state index in [0.717, 1.165) is 25.6 Å². The van der Waals surface area contributed by atoms with E-state index < -0.39 is 11.7 Å². The number of anilines is 1. The lowest BCUT2D eigenvalue weighted by Gasteiger charge is -2.19. The molecule has 6 heteroatoms. The van der Waals surface area contributed by atoms with Crippen LogP contribution in [0, 0.1) is 0 Å². The van der Waals surface area contributed by atoms with Crippen molar-refractivity contribution in [1.82, 2.24) is 10.2 Å². The first-order chi connectivity index (χ1) is 8.90. The fraction of sp³-hybridized carbons (Fsp3) is 0.538. The summed E-state index contributed by atoms with van der Waals surface area (Å²) in [5.41, 5.74) is 5.26. The maximum Gasteiger partial charge on any atom is 0.416 e. The highest BCUT2D eigenvalue weighted by Gasteiger charge is 2.34. The molecule has 1 aliphatic rings. The summed E-state index contributed by atoms with van der Waals surface area (Å²) in [7, 11) is 1.87. The standard InChI is InChI=1S/C13H18F3N3/c1-18-11-4-5-19(8-11)7-9-2-3-10(17)6-12(9)13(14,15)16/h2-3,6,11,18H,4-5,7-8,17H2,1H3. The van der Waals surface area contributed by atoms with Crippen LogP contribution in [-0.2, 0) is 12.7 Å². The Balaban J connectivity index is 2.16. The Morgan fingerprint density at radius 1 is 1.42 bits per heavy atom. The predicted octanol–water partition coefficient (Wildman–Crippen LogP) is 2.08. The number of hydrogen-bond donors (Lipinski definition) is 2. The Kier molecular flexibility index (Phi) is 4.01. The third-order valence-corrected chi connectivity index (χ3v) is 3.51. The summed E-state index contributed by atoms with van der Waals surface area (Å²) in [6, 6.07) is 4.38. The minimum Gasteiger partial charge on any atom is -0.399 e. The van der Waals surface area contributed by atoms with Crippen LogP contribution in [0.4, 0.5) is 18.9 Å². The largest absolute Gasteiger partial charge is 0.416 e. The molecule has 19 heavy (non-hydrogen) atoms. The predicted molar refractivity (Wildman–Crippen MR) is 68.6 cm³/mol. The van der Waals surface area contributed by atoms with Crippen molar-refractivity contribution < 1.29 is 13.2 Å². The topological polar surface area (TPSA) is 41.3 Å². The Labute approximate surface area is 110 Å². The van der Waals surface area contributed by atoms with E-state index in [1.807, 2.05) is 11.9 Å². The lowest BCUT2D eigenvalue weighted by molar-refractivity contribution is -0.138. The van der Waals surface area contributed by atoms with E-state index in [9.17, 15) is 13.2 Å². The highest BCUT2D eigenvalue weighted by Crippen LogP contribution is 2.34. The van der Waals surface area contributed by atoms with Gasteiger partial charge in [0.1, 0.15) is 0 Å². The van der Waals surface area contributed by atoms with E-state index in [4.69, 9.17) is 5.73 Å². The highest BCUT2D eigenvalue weighted by molar-refractivity contribution is 5.46. The van der Waals surface area contributed by atoms with Gasteiger partial charge in [0.25, 0.3) is 0 Å². The lowest BCUT2D eigenvalue weighted by atomic mass is 10.1. The van der Waals surface area contributed by atoms with E-state index in [0.29, 0.717) is 18.2 Å². The van der Waals surface area contributed by atoms with Gasteiger partial charge in [0.15, 0.2) is 0 Å². The molecule has 0 aromatic heterocycles. The fourth-order valence-electron chi connectivity index (χ4n) is 2.45. The number of likely N-dealkylation sites (tertiary alicyclic amines) is 1. The van der Waals surface area contributed by atoms with E-state index in [1.165, 1.54) is 12.1 Å².